The fourth-order valence-corrected chi connectivity index (χ4v) is 0.798. The highest BCUT2D eigenvalue weighted by Gasteiger charge is 1.97. The Bertz CT molecular complexity index is 117. The largest absolute Gasteiger partial charge is 0.469 e. The summed E-state index contributed by atoms with van der Waals surface area (Å²) in [6, 6.07) is 0. The molecule has 0 N–H and O–H groups in total. The van der Waals surface area contributed by atoms with Crippen LogP contribution in [0.1, 0.15) is 58.3 Å². The zero-order valence-corrected chi connectivity index (χ0v) is 8.97. The molecule has 0 radical (unpaired) electrons. The van der Waals surface area contributed by atoms with Crippen molar-refractivity contribution in [3.05, 3.63) is 0 Å². The third-order valence-electron chi connectivity index (χ3n) is 1.82. The van der Waals surface area contributed by atoms with E-state index < -0.39 is 0 Å². The number of hydrogen-bond donors (Lipinski definition) is 0. The molecular weight excluding hydrogens is 164 g/mol. The topological polar surface area (TPSA) is 26.3 Å². The SMILES string of the molecule is C1CC1.CCCCCCC(=O)OC. The molecule has 2 heteroatoms. The molecule has 0 aromatic carbocycles. The molecule has 0 aliphatic heterocycles. The number of carbonyl (C=O) groups is 1. The van der Waals surface area contributed by atoms with Crippen LogP contribution in [0.2, 0.25) is 0 Å². The molecule has 78 valence electrons. The number of methoxy groups -OCH3 is 1. The van der Waals surface area contributed by atoms with E-state index in [0.717, 1.165) is 12.8 Å². The lowest BCUT2D eigenvalue weighted by molar-refractivity contribution is -0.140. The average molecular weight is 186 g/mol. The fraction of sp³-hybridized carbons (Fsp3) is 0.909. The molecule has 0 aromatic heterocycles. The molecule has 0 bridgehead atoms. The molecule has 0 amide bonds. The molecule has 0 spiro atoms. The monoisotopic (exact) mass is 186 g/mol. The molecule has 1 aliphatic carbocycles. The Balaban J connectivity index is 0.000000396. The standard InChI is InChI=1S/C8H16O2.C3H6/c1-3-4-5-6-7-8(9)10-2;1-2-3-1/h3-7H2,1-2H3;1-3H2. The second-order valence-electron chi connectivity index (χ2n) is 3.45. The van der Waals surface area contributed by atoms with Crippen molar-refractivity contribution < 1.29 is 9.53 Å². The summed E-state index contributed by atoms with van der Waals surface area (Å²) in [6.45, 7) is 2.15. The lowest BCUT2D eigenvalue weighted by Gasteiger charge is -1.97. The summed E-state index contributed by atoms with van der Waals surface area (Å²) in [4.78, 5) is 10.6. The van der Waals surface area contributed by atoms with E-state index in [0.29, 0.717) is 6.42 Å². The van der Waals surface area contributed by atoms with Crippen molar-refractivity contribution in [3.63, 3.8) is 0 Å². The Morgan fingerprint density at radius 1 is 1.15 bits per heavy atom. The number of carbonyl (C=O) groups excluding carboxylic acids is 1. The van der Waals surface area contributed by atoms with Gasteiger partial charge in [-0.05, 0) is 6.42 Å². The van der Waals surface area contributed by atoms with Crippen molar-refractivity contribution in [1.82, 2.24) is 0 Å². The first-order chi connectivity index (χ1) is 6.31. The maximum Gasteiger partial charge on any atom is 0.305 e. The van der Waals surface area contributed by atoms with Crippen molar-refractivity contribution in [3.8, 4) is 0 Å². The highest BCUT2D eigenvalue weighted by Crippen LogP contribution is 2.14. The van der Waals surface area contributed by atoms with Gasteiger partial charge in [0.1, 0.15) is 0 Å². The van der Waals surface area contributed by atoms with Crippen LogP contribution in [0, 0.1) is 0 Å². The van der Waals surface area contributed by atoms with Gasteiger partial charge >= 0.3 is 5.97 Å². The van der Waals surface area contributed by atoms with Gasteiger partial charge in [-0.3, -0.25) is 4.79 Å². The maximum absolute atomic E-state index is 10.6. The summed E-state index contributed by atoms with van der Waals surface area (Å²) in [5, 5.41) is 0. The van der Waals surface area contributed by atoms with Gasteiger partial charge in [-0.2, -0.15) is 0 Å². The number of ether oxygens (including phenoxy) is 1. The smallest absolute Gasteiger partial charge is 0.305 e. The van der Waals surface area contributed by atoms with Crippen LogP contribution >= 0.6 is 0 Å². The van der Waals surface area contributed by atoms with Gasteiger partial charge in [0.05, 0.1) is 7.11 Å². The lowest BCUT2D eigenvalue weighted by Crippen LogP contribution is -1.98. The van der Waals surface area contributed by atoms with E-state index in [4.69, 9.17) is 0 Å². The number of unbranched alkanes of at least 4 members (excludes halogenated alkanes) is 3. The first-order valence-corrected chi connectivity index (χ1v) is 5.38. The summed E-state index contributed by atoms with van der Waals surface area (Å²) in [7, 11) is 1.43. The molecule has 0 unspecified atom stereocenters. The minimum Gasteiger partial charge on any atom is -0.469 e. The van der Waals surface area contributed by atoms with Gasteiger partial charge in [0.15, 0.2) is 0 Å². The van der Waals surface area contributed by atoms with Crippen molar-refractivity contribution in [2.75, 3.05) is 7.11 Å². The van der Waals surface area contributed by atoms with E-state index in [1.807, 2.05) is 0 Å². The van der Waals surface area contributed by atoms with Crippen LogP contribution in [0.25, 0.3) is 0 Å². The molecule has 2 nitrogen and oxygen atoms in total. The molecule has 0 atom stereocenters. The van der Waals surface area contributed by atoms with Crippen LogP contribution < -0.4 is 0 Å². The van der Waals surface area contributed by atoms with Crippen molar-refractivity contribution in [1.29, 1.82) is 0 Å². The van der Waals surface area contributed by atoms with E-state index >= 15 is 0 Å². The van der Waals surface area contributed by atoms with Gasteiger partial charge in [-0.25, -0.2) is 0 Å². The molecule has 1 fully saturated rings. The van der Waals surface area contributed by atoms with Crippen LogP contribution in [0.5, 0.6) is 0 Å². The quantitative estimate of drug-likeness (QED) is 0.486. The number of hydrogen-bond acceptors (Lipinski definition) is 2. The Morgan fingerprint density at radius 3 is 2.15 bits per heavy atom. The van der Waals surface area contributed by atoms with E-state index in [1.165, 1.54) is 39.2 Å². The molecule has 0 saturated heterocycles. The summed E-state index contributed by atoms with van der Waals surface area (Å²) in [5.74, 6) is -0.0869. The summed E-state index contributed by atoms with van der Waals surface area (Å²) >= 11 is 0. The molecule has 0 aromatic rings. The third-order valence-corrected chi connectivity index (χ3v) is 1.82. The van der Waals surface area contributed by atoms with E-state index in [2.05, 4.69) is 11.7 Å². The van der Waals surface area contributed by atoms with Gasteiger partial charge < -0.3 is 4.74 Å². The zero-order valence-electron chi connectivity index (χ0n) is 8.97. The van der Waals surface area contributed by atoms with Gasteiger partial charge in [0.25, 0.3) is 0 Å². The Kier molecular flexibility index (Phi) is 9.17. The van der Waals surface area contributed by atoms with Crippen LogP contribution in [-0.4, -0.2) is 13.1 Å². The van der Waals surface area contributed by atoms with Crippen molar-refractivity contribution in [2.45, 2.75) is 58.3 Å². The summed E-state index contributed by atoms with van der Waals surface area (Å²) in [6.07, 6.45) is 9.63. The minimum absolute atomic E-state index is 0.0869. The molecule has 1 rings (SSSR count). The predicted octanol–water partition coefficient (Wildman–Crippen LogP) is 3.30. The molecular formula is C11H22O2. The van der Waals surface area contributed by atoms with Gasteiger partial charge in [0, 0.05) is 6.42 Å². The second-order valence-corrected chi connectivity index (χ2v) is 3.45. The lowest BCUT2D eigenvalue weighted by atomic mass is 10.2. The normalized spacial score (nSPS) is 12.8. The minimum atomic E-state index is -0.0869. The zero-order chi connectivity index (χ0) is 9.94. The van der Waals surface area contributed by atoms with E-state index in [1.54, 1.807) is 0 Å². The van der Waals surface area contributed by atoms with Crippen LogP contribution in [0.3, 0.4) is 0 Å². The van der Waals surface area contributed by atoms with Gasteiger partial charge in [-0.15, -0.1) is 0 Å². The highest BCUT2D eigenvalue weighted by molar-refractivity contribution is 5.68. The number of esters is 1. The maximum atomic E-state index is 10.6. The third kappa shape index (κ3) is 14.3. The van der Waals surface area contributed by atoms with E-state index in [-0.39, 0.29) is 5.97 Å². The molecule has 0 heterocycles. The molecule has 13 heavy (non-hydrogen) atoms. The Morgan fingerprint density at radius 2 is 1.77 bits per heavy atom. The van der Waals surface area contributed by atoms with Gasteiger partial charge in [-0.1, -0.05) is 45.4 Å². The summed E-state index contributed by atoms with van der Waals surface area (Å²) < 4.78 is 4.49. The number of rotatable bonds is 5. The van der Waals surface area contributed by atoms with Crippen LogP contribution in [0.4, 0.5) is 0 Å². The van der Waals surface area contributed by atoms with Crippen molar-refractivity contribution >= 4 is 5.97 Å². The Hall–Kier alpha value is -0.530. The van der Waals surface area contributed by atoms with E-state index in [9.17, 15) is 4.79 Å². The average Bonchev–Trinajstić information content (AvgIpc) is 2.98. The fourth-order valence-electron chi connectivity index (χ4n) is 0.798. The predicted molar refractivity (Wildman–Crippen MR) is 54.6 cm³/mol. The Labute approximate surface area is 81.7 Å². The molecule has 1 saturated carbocycles. The highest BCUT2D eigenvalue weighted by atomic mass is 16.5. The first kappa shape index (κ1) is 12.5. The van der Waals surface area contributed by atoms with Crippen LogP contribution in [-0.2, 0) is 9.53 Å². The summed E-state index contributed by atoms with van der Waals surface area (Å²) in [5.41, 5.74) is 0. The van der Waals surface area contributed by atoms with Gasteiger partial charge in [0.2, 0.25) is 0 Å². The molecule has 1 aliphatic rings. The van der Waals surface area contributed by atoms with Crippen LogP contribution in [0.15, 0.2) is 0 Å². The van der Waals surface area contributed by atoms with Crippen molar-refractivity contribution in [2.24, 2.45) is 0 Å². The first-order valence-electron chi connectivity index (χ1n) is 5.38. The second kappa shape index (κ2) is 9.56.